The summed E-state index contributed by atoms with van der Waals surface area (Å²) in [6, 6.07) is 6.52. The summed E-state index contributed by atoms with van der Waals surface area (Å²) in [7, 11) is 1.51. The van der Waals surface area contributed by atoms with Gasteiger partial charge < -0.3 is 4.74 Å². The van der Waals surface area contributed by atoms with Crippen molar-refractivity contribution in [3.8, 4) is 11.4 Å². The van der Waals surface area contributed by atoms with Crippen LogP contribution in [0, 0.1) is 5.82 Å². The molecule has 4 nitrogen and oxygen atoms in total. The molecule has 0 atom stereocenters. The van der Waals surface area contributed by atoms with Gasteiger partial charge in [-0.15, -0.1) is 0 Å². The maximum absolute atomic E-state index is 14.0. The maximum Gasteiger partial charge on any atom is 0.150 e. The van der Waals surface area contributed by atoms with Gasteiger partial charge in [0.25, 0.3) is 0 Å². The summed E-state index contributed by atoms with van der Waals surface area (Å²) in [5.74, 6) is 0.132. The fourth-order valence-electron chi connectivity index (χ4n) is 1.87. The standard InChI is InChI=1S/C13H10FN3O/c1-18-9-2-3-12(10(14)6-9)17-8-16-11-7-15-5-4-13(11)17/h2-8H,1H3. The molecule has 3 aromatic rings. The number of imidazole rings is 1. The van der Waals surface area contributed by atoms with Crippen molar-refractivity contribution >= 4 is 11.0 Å². The van der Waals surface area contributed by atoms with Crippen molar-refractivity contribution in [2.45, 2.75) is 0 Å². The molecule has 0 aliphatic carbocycles. The van der Waals surface area contributed by atoms with Crippen LogP contribution < -0.4 is 4.74 Å². The molecule has 0 radical (unpaired) electrons. The smallest absolute Gasteiger partial charge is 0.150 e. The Morgan fingerprint density at radius 3 is 2.94 bits per heavy atom. The van der Waals surface area contributed by atoms with Crippen molar-refractivity contribution < 1.29 is 9.13 Å². The second-order valence-corrected chi connectivity index (χ2v) is 3.80. The van der Waals surface area contributed by atoms with Crippen LogP contribution in [0.5, 0.6) is 5.75 Å². The zero-order valence-corrected chi connectivity index (χ0v) is 9.67. The van der Waals surface area contributed by atoms with Gasteiger partial charge in [-0.3, -0.25) is 9.55 Å². The molecule has 0 saturated heterocycles. The lowest BCUT2D eigenvalue weighted by molar-refractivity contribution is 0.411. The van der Waals surface area contributed by atoms with E-state index in [1.807, 2.05) is 0 Å². The number of methoxy groups -OCH3 is 1. The summed E-state index contributed by atoms with van der Waals surface area (Å²) in [5, 5.41) is 0. The van der Waals surface area contributed by atoms with Gasteiger partial charge in [-0.05, 0) is 18.2 Å². The van der Waals surface area contributed by atoms with Crippen LogP contribution in [0.4, 0.5) is 4.39 Å². The van der Waals surface area contributed by atoms with Gasteiger partial charge in [0.15, 0.2) is 5.82 Å². The number of ether oxygens (including phenoxy) is 1. The molecule has 0 unspecified atom stereocenters. The normalized spacial score (nSPS) is 10.8. The lowest BCUT2D eigenvalue weighted by Gasteiger charge is -2.07. The minimum Gasteiger partial charge on any atom is -0.497 e. The summed E-state index contributed by atoms with van der Waals surface area (Å²) in [4.78, 5) is 8.16. The van der Waals surface area contributed by atoms with E-state index in [0.717, 1.165) is 11.0 Å². The van der Waals surface area contributed by atoms with Crippen LogP contribution in [0.1, 0.15) is 0 Å². The van der Waals surface area contributed by atoms with Crippen molar-refractivity contribution in [1.29, 1.82) is 0 Å². The topological polar surface area (TPSA) is 39.9 Å². The Morgan fingerprint density at radius 2 is 2.17 bits per heavy atom. The number of fused-ring (bicyclic) bond motifs is 1. The van der Waals surface area contributed by atoms with E-state index in [1.54, 1.807) is 41.5 Å². The highest BCUT2D eigenvalue weighted by Gasteiger charge is 2.09. The monoisotopic (exact) mass is 243 g/mol. The number of nitrogens with zero attached hydrogens (tertiary/aromatic N) is 3. The van der Waals surface area contributed by atoms with E-state index in [9.17, 15) is 4.39 Å². The highest BCUT2D eigenvalue weighted by molar-refractivity contribution is 5.76. The highest BCUT2D eigenvalue weighted by Crippen LogP contribution is 2.23. The fourth-order valence-corrected chi connectivity index (χ4v) is 1.87. The predicted molar refractivity (Wildman–Crippen MR) is 65.4 cm³/mol. The van der Waals surface area contributed by atoms with E-state index >= 15 is 0 Å². The summed E-state index contributed by atoms with van der Waals surface area (Å²) < 4.78 is 20.7. The Kier molecular flexibility index (Phi) is 2.44. The van der Waals surface area contributed by atoms with Gasteiger partial charge in [-0.25, -0.2) is 9.37 Å². The molecule has 0 bridgehead atoms. The Labute approximate surface area is 103 Å². The van der Waals surface area contributed by atoms with Crippen LogP contribution in [-0.2, 0) is 0 Å². The number of pyridine rings is 1. The van der Waals surface area contributed by atoms with Crippen LogP contribution in [0.2, 0.25) is 0 Å². The average Bonchev–Trinajstić information content (AvgIpc) is 2.82. The highest BCUT2D eigenvalue weighted by atomic mass is 19.1. The quantitative estimate of drug-likeness (QED) is 0.694. The van der Waals surface area contributed by atoms with Gasteiger partial charge in [0, 0.05) is 12.3 Å². The van der Waals surface area contributed by atoms with Crippen LogP contribution in [0.3, 0.4) is 0 Å². The minimum atomic E-state index is -0.356. The third-order valence-electron chi connectivity index (χ3n) is 2.76. The fraction of sp³-hybridized carbons (Fsp3) is 0.0769. The molecule has 1 aromatic carbocycles. The van der Waals surface area contributed by atoms with Crippen molar-refractivity contribution in [2.75, 3.05) is 7.11 Å². The van der Waals surface area contributed by atoms with Crippen LogP contribution >= 0.6 is 0 Å². The van der Waals surface area contributed by atoms with Crippen LogP contribution in [0.25, 0.3) is 16.7 Å². The van der Waals surface area contributed by atoms with Gasteiger partial charge in [0.1, 0.15) is 17.6 Å². The first kappa shape index (κ1) is 10.7. The Bertz CT molecular complexity index is 708. The number of aromatic nitrogens is 3. The predicted octanol–water partition coefficient (Wildman–Crippen LogP) is 2.57. The summed E-state index contributed by atoms with van der Waals surface area (Å²) in [6.07, 6.45) is 4.88. The van der Waals surface area contributed by atoms with E-state index in [0.29, 0.717) is 11.4 Å². The average molecular weight is 243 g/mol. The zero-order valence-electron chi connectivity index (χ0n) is 9.67. The van der Waals surface area contributed by atoms with Gasteiger partial charge in [0.05, 0.1) is 24.5 Å². The molecule has 0 saturated carbocycles. The summed E-state index contributed by atoms with van der Waals surface area (Å²) in [5.41, 5.74) is 1.98. The number of hydrogen-bond acceptors (Lipinski definition) is 3. The summed E-state index contributed by atoms with van der Waals surface area (Å²) >= 11 is 0. The van der Waals surface area contributed by atoms with Crippen LogP contribution in [0.15, 0.2) is 43.0 Å². The third kappa shape index (κ3) is 1.60. The minimum absolute atomic E-state index is 0.356. The first-order valence-electron chi connectivity index (χ1n) is 5.40. The first-order chi connectivity index (χ1) is 8.79. The molecule has 0 aliphatic rings. The molecule has 18 heavy (non-hydrogen) atoms. The van der Waals surface area contributed by atoms with E-state index < -0.39 is 0 Å². The second kappa shape index (κ2) is 4.10. The van der Waals surface area contributed by atoms with Gasteiger partial charge >= 0.3 is 0 Å². The number of hydrogen-bond donors (Lipinski definition) is 0. The molecule has 3 rings (SSSR count). The van der Waals surface area contributed by atoms with Gasteiger partial charge in [0.2, 0.25) is 0 Å². The van der Waals surface area contributed by atoms with Gasteiger partial charge in [-0.2, -0.15) is 0 Å². The number of benzene rings is 1. The molecule has 2 heterocycles. The van der Waals surface area contributed by atoms with Crippen molar-refractivity contribution in [3.05, 3.63) is 48.8 Å². The van der Waals surface area contributed by atoms with Crippen molar-refractivity contribution in [3.63, 3.8) is 0 Å². The van der Waals surface area contributed by atoms with E-state index in [-0.39, 0.29) is 5.82 Å². The Hall–Kier alpha value is -2.43. The third-order valence-corrected chi connectivity index (χ3v) is 2.76. The largest absolute Gasteiger partial charge is 0.497 e. The first-order valence-corrected chi connectivity index (χ1v) is 5.40. The number of halogens is 1. The Balaban J connectivity index is 2.20. The molecular formula is C13H10FN3O. The van der Waals surface area contributed by atoms with Gasteiger partial charge in [-0.1, -0.05) is 0 Å². The molecular weight excluding hydrogens is 233 g/mol. The maximum atomic E-state index is 14.0. The van der Waals surface area contributed by atoms with E-state index in [1.165, 1.54) is 13.2 Å². The Morgan fingerprint density at radius 1 is 1.28 bits per heavy atom. The molecule has 0 N–H and O–H groups in total. The molecule has 5 heteroatoms. The molecule has 0 amide bonds. The van der Waals surface area contributed by atoms with Crippen molar-refractivity contribution in [1.82, 2.24) is 14.5 Å². The molecule has 2 aromatic heterocycles. The second-order valence-electron chi connectivity index (χ2n) is 3.80. The molecule has 0 aliphatic heterocycles. The molecule has 0 fully saturated rings. The zero-order chi connectivity index (χ0) is 12.5. The number of rotatable bonds is 2. The van der Waals surface area contributed by atoms with E-state index in [2.05, 4.69) is 9.97 Å². The van der Waals surface area contributed by atoms with Crippen molar-refractivity contribution in [2.24, 2.45) is 0 Å². The molecule has 90 valence electrons. The lowest BCUT2D eigenvalue weighted by atomic mass is 10.2. The SMILES string of the molecule is COc1ccc(-n2cnc3cnccc32)c(F)c1. The lowest BCUT2D eigenvalue weighted by Crippen LogP contribution is -1.96. The van der Waals surface area contributed by atoms with Crippen LogP contribution in [-0.4, -0.2) is 21.6 Å². The van der Waals surface area contributed by atoms with E-state index in [4.69, 9.17) is 4.74 Å². The summed E-state index contributed by atoms with van der Waals surface area (Å²) in [6.45, 7) is 0. The molecule has 0 spiro atoms.